The van der Waals surface area contributed by atoms with Crippen LogP contribution in [0.4, 0.5) is 0 Å². The van der Waals surface area contributed by atoms with Gasteiger partial charge < -0.3 is 8.83 Å². The van der Waals surface area contributed by atoms with E-state index in [4.69, 9.17) is 8.83 Å². The van der Waals surface area contributed by atoms with E-state index in [0.29, 0.717) is 0 Å². The van der Waals surface area contributed by atoms with Crippen LogP contribution in [0.25, 0.3) is 0 Å². The van der Waals surface area contributed by atoms with Gasteiger partial charge in [-0.05, 0) is 6.07 Å². The summed E-state index contributed by atoms with van der Waals surface area (Å²) < 4.78 is 9.85. The molecule has 1 aromatic rings. The second kappa shape index (κ2) is 16.3. The van der Waals surface area contributed by atoms with Crippen molar-refractivity contribution in [3.63, 3.8) is 0 Å². The van der Waals surface area contributed by atoms with Crippen LogP contribution in [0.15, 0.2) is 148 Å². The molecule has 0 saturated carbocycles. The van der Waals surface area contributed by atoms with Gasteiger partial charge >= 0.3 is 5.63 Å². The Labute approximate surface area is 153 Å². The van der Waals surface area contributed by atoms with Crippen LogP contribution in [0.1, 0.15) is 0 Å². The standard InChI is InChI=1S/C23H22O3/c24-23-19-17-15-13-11-9-7-5-3-1-2-4-6-8-10-12-14-16-18-20-25-21-22-26-23/h1-22H. The molecule has 0 fully saturated rings. The molecule has 1 heterocycles. The lowest BCUT2D eigenvalue weighted by Crippen LogP contribution is -1.88. The highest BCUT2D eigenvalue weighted by atomic mass is 16.4. The lowest BCUT2D eigenvalue weighted by Gasteiger charge is -1.71. The molecule has 3 nitrogen and oxygen atoms in total. The van der Waals surface area contributed by atoms with Crippen LogP contribution in [0.5, 0.6) is 0 Å². The zero-order chi connectivity index (χ0) is 18.5. The van der Waals surface area contributed by atoms with Gasteiger partial charge in [-0.1, -0.05) is 103 Å². The molecular formula is C23H22O3. The monoisotopic (exact) mass is 346 g/mol. The van der Waals surface area contributed by atoms with E-state index in [0.717, 1.165) is 0 Å². The lowest BCUT2D eigenvalue weighted by molar-refractivity contribution is 0.475. The highest BCUT2D eigenvalue weighted by Gasteiger charge is 1.69. The second-order valence-electron chi connectivity index (χ2n) is 4.61. The maximum Gasteiger partial charge on any atom is 0.335 e. The smallest absolute Gasteiger partial charge is 0.335 e. The van der Waals surface area contributed by atoms with Crippen LogP contribution in [-0.4, -0.2) is 0 Å². The third kappa shape index (κ3) is 14.0. The number of hydrogen-bond donors (Lipinski definition) is 0. The van der Waals surface area contributed by atoms with E-state index in [9.17, 15) is 4.79 Å². The molecule has 0 N–H and O–H groups in total. The third-order valence-electron chi connectivity index (χ3n) is 2.60. The van der Waals surface area contributed by atoms with E-state index in [2.05, 4.69) is 0 Å². The number of rotatable bonds is 0. The van der Waals surface area contributed by atoms with E-state index in [1.165, 1.54) is 24.9 Å². The molecule has 0 bridgehead atoms. The Balaban J connectivity index is 3.11. The fourth-order valence-electron chi connectivity index (χ4n) is 1.46. The van der Waals surface area contributed by atoms with E-state index >= 15 is 0 Å². The van der Waals surface area contributed by atoms with Crippen molar-refractivity contribution in [1.29, 1.82) is 0 Å². The molecule has 26 heavy (non-hydrogen) atoms. The maximum absolute atomic E-state index is 11.4. The van der Waals surface area contributed by atoms with Crippen molar-refractivity contribution in [2.75, 3.05) is 0 Å². The first-order valence-electron chi connectivity index (χ1n) is 8.07. The quantitative estimate of drug-likeness (QED) is 0.591. The van der Waals surface area contributed by atoms with Gasteiger partial charge in [0.05, 0.1) is 6.26 Å². The maximum atomic E-state index is 11.4. The fourth-order valence-corrected chi connectivity index (χ4v) is 1.46. The van der Waals surface area contributed by atoms with Crippen LogP contribution in [-0.2, 0) is 0 Å². The van der Waals surface area contributed by atoms with Crippen LogP contribution in [0.2, 0.25) is 0 Å². The van der Waals surface area contributed by atoms with E-state index in [-0.39, 0.29) is 0 Å². The average Bonchev–Trinajstić information content (AvgIpc) is 2.64. The Bertz CT molecular complexity index is 780. The van der Waals surface area contributed by atoms with Crippen molar-refractivity contribution in [2.45, 2.75) is 0 Å². The van der Waals surface area contributed by atoms with Crippen LogP contribution >= 0.6 is 0 Å². The van der Waals surface area contributed by atoms with E-state index < -0.39 is 5.63 Å². The highest BCUT2D eigenvalue weighted by molar-refractivity contribution is 4.98. The van der Waals surface area contributed by atoms with Crippen molar-refractivity contribution in [3.8, 4) is 0 Å². The normalized spacial score (nSPS) is 8.15. The topological polar surface area (TPSA) is 43.4 Å². The van der Waals surface area contributed by atoms with E-state index in [1.54, 1.807) is 18.2 Å². The van der Waals surface area contributed by atoms with Gasteiger partial charge in [0.15, 0.2) is 0 Å². The molecular weight excluding hydrogens is 324 g/mol. The van der Waals surface area contributed by atoms with Crippen molar-refractivity contribution >= 4 is 0 Å². The van der Waals surface area contributed by atoms with Gasteiger partial charge in [-0.3, -0.25) is 0 Å². The summed E-state index contributed by atoms with van der Waals surface area (Å²) in [5, 5.41) is 0. The summed E-state index contributed by atoms with van der Waals surface area (Å²) in [7, 11) is 0. The first kappa shape index (κ1) is 20.5. The zero-order valence-corrected chi connectivity index (χ0v) is 14.4. The van der Waals surface area contributed by atoms with Crippen LogP contribution < -0.4 is 5.63 Å². The Morgan fingerprint density at radius 1 is 0.423 bits per heavy atom. The molecule has 0 aromatic carbocycles. The molecule has 0 aliphatic rings. The molecule has 0 atom stereocenters. The minimum absolute atomic E-state index is 0.482. The van der Waals surface area contributed by atoms with Gasteiger partial charge in [0.2, 0.25) is 0 Å². The summed E-state index contributed by atoms with van der Waals surface area (Å²) >= 11 is 0. The Morgan fingerprint density at radius 3 is 1.27 bits per heavy atom. The first-order valence-corrected chi connectivity index (χ1v) is 8.07. The summed E-state index contributed by atoms with van der Waals surface area (Å²) in [6.07, 6.45) is 3.93. The molecule has 132 valence electrons. The molecule has 0 amide bonds. The zero-order valence-electron chi connectivity index (χ0n) is 14.4. The summed E-state index contributed by atoms with van der Waals surface area (Å²) in [4.78, 5) is 11.4. The largest absolute Gasteiger partial charge is 0.469 e. The van der Waals surface area contributed by atoms with Gasteiger partial charge in [-0.25, -0.2) is 4.79 Å². The second-order valence-corrected chi connectivity index (χ2v) is 4.61. The Hall–Kier alpha value is -3.59. The molecule has 1 rings (SSSR count). The molecule has 0 radical (unpaired) electrons. The van der Waals surface area contributed by atoms with Gasteiger partial charge in [-0.2, -0.15) is 0 Å². The molecule has 0 saturated heterocycles. The molecule has 0 aliphatic heterocycles. The highest BCUT2D eigenvalue weighted by Crippen LogP contribution is 1.80. The van der Waals surface area contributed by atoms with Crippen LogP contribution in [0, 0.1) is 0 Å². The van der Waals surface area contributed by atoms with Gasteiger partial charge in [0.1, 0.15) is 12.5 Å². The van der Waals surface area contributed by atoms with E-state index in [1.807, 2.05) is 91.0 Å². The predicted molar refractivity (Wildman–Crippen MR) is 105 cm³/mol. The Kier molecular flexibility index (Phi) is 12.8. The summed E-state index contributed by atoms with van der Waals surface area (Å²) in [5.41, 5.74) is -0.482. The summed E-state index contributed by atoms with van der Waals surface area (Å²) in [5.74, 6) is 0. The minimum atomic E-state index is -0.482. The average molecular weight is 346 g/mol. The lowest BCUT2D eigenvalue weighted by atomic mass is 10.4. The summed E-state index contributed by atoms with van der Waals surface area (Å²) in [6, 6.07) is 35.0. The third-order valence-corrected chi connectivity index (χ3v) is 2.60. The minimum Gasteiger partial charge on any atom is -0.469 e. The fraction of sp³-hybridized carbons (Fsp3) is 0. The van der Waals surface area contributed by atoms with Gasteiger partial charge in [-0.15, -0.1) is 0 Å². The van der Waals surface area contributed by atoms with Crippen molar-refractivity contribution < 1.29 is 8.83 Å². The van der Waals surface area contributed by atoms with Gasteiger partial charge in [0, 0.05) is 6.07 Å². The van der Waals surface area contributed by atoms with Crippen molar-refractivity contribution in [3.05, 3.63) is 144 Å². The number of hydrogen-bond acceptors (Lipinski definition) is 3. The van der Waals surface area contributed by atoms with Gasteiger partial charge in [0.25, 0.3) is 0 Å². The molecule has 1 aromatic heterocycles. The summed E-state index contributed by atoms with van der Waals surface area (Å²) in [6.45, 7) is 0. The van der Waals surface area contributed by atoms with Crippen molar-refractivity contribution in [2.24, 2.45) is 0 Å². The van der Waals surface area contributed by atoms with Crippen molar-refractivity contribution in [1.82, 2.24) is 0 Å². The molecule has 3 heteroatoms. The molecule has 0 unspecified atom stereocenters. The predicted octanol–water partition coefficient (Wildman–Crippen LogP) is 5.85. The SMILES string of the molecule is O=c1ccccccccccccccccccccocco1. The molecule has 0 spiro atoms. The Morgan fingerprint density at radius 2 is 0.808 bits per heavy atom. The first-order chi connectivity index (χ1) is 12.9. The molecule has 0 aliphatic carbocycles. The van der Waals surface area contributed by atoms with Crippen LogP contribution in [0.3, 0.4) is 0 Å².